The van der Waals surface area contributed by atoms with Gasteiger partial charge in [-0.25, -0.2) is 0 Å². The number of hydrogen-bond donors (Lipinski definition) is 0. The van der Waals surface area contributed by atoms with E-state index in [1.807, 2.05) is 42.5 Å². The summed E-state index contributed by atoms with van der Waals surface area (Å²) >= 11 is 11.0. The molecule has 1 nitrogen and oxygen atoms in total. The van der Waals surface area contributed by atoms with Crippen LogP contribution >= 0.6 is 39.3 Å². The molecule has 0 aliphatic carbocycles. The Morgan fingerprint density at radius 3 is 2.56 bits per heavy atom. The summed E-state index contributed by atoms with van der Waals surface area (Å²) in [6, 6.07) is 13.3. The van der Waals surface area contributed by atoms with Crippen molar-refractivity contribution in [3.63, 3.8) is 0 Å². The Kier molecular flexibility index (Phi) is 4.49. The van der Waals surface area contributed by atoms with Crippen LogP contribution in [0, 0.1) is 0 Å². The van der Waals surface area contributed by atoms with Gasteiger partial charge in [-0.2, -0.15) is 0 Å². The van der Waals surface area contributed by atoms with Crippen molar-refractivity contribution >= 4 is 45.1 Å². The molecule has 2 aromatic carbocycles. The average molecular weight is 342 g/mol. The predicted molar refractivity (Wildman–Crippen MR) is 79.7 cm³/mol. The minimum Gasteiger partial charge on any atom is -0.294 e. The first kappa shape index (κ1) is 13.7. The molecule has 0 amide bonds. The number of rotatable bonds is 3. The first-order valence-electron chi connectivity index (χ1n) is 5.31. The first-order chi connectivity index (χ1) is 8.58. The van der Waals surface area contributed by atoms with Gasteiger partial charge in [0.05, 0.1) is 5.02 Å². The van der Waals surface area contributed by atoms with E-state index in [2.05, 4.69) is 15.9 Å². The molecule has 0 radical (unpaired) electrons. The van der Waals surface area contributed by atoms with Crippen molar-refractivity contribution in [2.24, 2.45) is 0 Å². The Hall–Kier alpha value is -0.770. The van der Waals surface area contributed by atoms with E-state index in [9.17, 15) is 4.79 Å². The fraction of sp³-hybridized carbons (Fsp3) is 0.0714. The minimum atomic E-state index is 0.0471. The van der Waals surface area contributed by atoms with E-state index >= 15 is 0 Å². The lowest BCUT2D eigenvalue weighted by Crippen LogP contribution is -1.95. The second-order valence-electron chi connectivity index (χ2n) is 3.73. The van der Waals surface area contributed by atoms with Gasteiger partial charge in [0.25, 0.3) is 0 Å². The van der Waals surface area contributed by atoms with Crippen LogP contribution in [0.2, 0.25) is 5.02 Å². The zero-order chi connectivity index (χ0) is 13.1. The van der Waals surface area contributed by atoms with Crippen LogP contribution in [0.1, 0.15) is 17.3 Å². The topological polar surface area (TPSA) is 17.1 Å². The number of ketones is 1. The van der Waals surface area contributed by atoms with Crippen molar-refractivity contribution in [1.82, 2.24) is 0 Å². The lowest BCUT2D eigenvalue weighted by atomic mass is 10.1. The smallest absolute Gasteiger partial charge is 0.160 e. The molecule has 0 aliphatic rings. The summed E-state index contributed by atoms with van der Waals surface area (Å²) in [5.74, 6) is 0.0471. The summed E-state index contributed by atoms with van der Waals surface area (Å²) in [5, 5.41) is 0.694. The van der Waals surface area contributed by atoms with E-state index in [-0.39, 0.29) is 5.78 Å². The quantitative estimate of drug-likeness (QED) is 0.690. The van der Waals surface area contributed by atoms with E-state index in [4.69, 9.17) is 11.6 Å². The van der Waals surface area contributed by atoms with Gasteiger partial charge in [-0.3, -0.25) is 4.79 Å². The molecule has 0 heterocycles. The van der Waals surface area contributed by atoms with E-state index in [0.29, 0.717) is 10.6 Å². The van der Waals surface area contributed by atoms with Crippen molar-refractivity contribution in [3.05, 3.63) is 57.5 Å². The molecule has 0 atom stereocenters. The van der Waals surface area contributed by atoms with Gasteiger partial charge in [-0.15, -0.1) is 0 Å². The van der Waals surface area contributed by atoms with Crippen LogP contribution < -0.4 is 0 Å². The summed E-state index contributed by atoms with van der Waals surface area (Å²) in [5.41, 5.74) is 0.703. The highest BCUT2D eigenvalue weighted by Crippen LogP contribution is 2.36. The second-order valence-corrected chi connectivity index (χ2v) is 6.14. The minimum absolute atomic E-state index is 0.0471. The third-order valence-corrected chi connectivity index (χ3v) is 4.46. The van der Waals surface area contributed by atoms with Gasteiger partial charge in [0.15, 0.2) is 5.78 Å². The largest absolute Gasteiger partial charge is 0.294 e. The molecule has 0 aliphatic heterocycles. The Bertz CT molecular complexity index is 598. The van der Waals surface area contributed by atoms with E-state index in [1.54, 1.807) is 6.92 Å². The third-order valence-electron chi connectivity index (χ3n) is 2.38. The molecule has 0 unspecified atom stereocenters. The lowest BCUT2D eigenvalue weighted by Gasteiger charge is -2.08. The van der Waals surface area contributed by atoms with Crippen molar-refractivity contribution in [2.75, 3.05) is 0 Å². The Morgan fingerprint density at radius 2 is 1.89 bits per heavy atom. The van der Waals surface area contributed by atoms with Gasteiger partial charge in [0, 0.05) is 19.8 Å². The van der Waals surface area contributed by atoms with Gasteiger partial charge in [-0.1, -0.05) is 51.4 Å². The SMILES string of the molecule is CC(=O)c1cc(Br)ccc1Sc1ccccc1Cl. The maximum atomic E-state index is 11.6. The molecular formula is C14H10BrClOS. The predicted octanol–water partition coefficient (Wildman–Crippen LogP) is 5.46. The number of carbonyl (C=O) groups excluding carboxylic acids is 1. The Labute approximate surface area is 124 Å². The summed E-state index contributed by atoms with van der Waals surface area (Å²) < 4.78 is 0.899. The molecule has 0 saturated heterocycles. The average Bonchev–Trinajstić information content (AvgIpc) is 2.34. The lowest BCUT2D eigenvalue weighted by molar-refractivity contribution is 0.101. The van der Waals surface area contributed by atoms with Crippen LogP contribution in [0.5, 0.6) is 0 Å². The van der Waals surface area contributed by atoms with Gasteiger partial charge in [-0.05, 0) is 37.3 Å². The number of benzene rings is 2. The molecule has 0 aromatic heterocycles. The molecule has 0 fully saturated rings. The number of hydrogen-bond acceptors (Lipinski definition) is 2. The van der Waals surface area contributed by atoms with Crippen LogP contribution in [-0.2, 0) is 0 Å². The summed E-state index contributed by atoms with van der Waals surface area (Å²) in [6.45, 7) is 1.57. The van der Waals surface area contributed by atoms with Crippen LogP contribution in [0.15, 0.2) is 56.7 Å². The zero-order valence-corrected chi connectivity index (χ0v) is 12.8. The number of Topliss-reactive ketones (excluding diaryl/α,β-unsaturated/α-hetero) is 1. The molecular weight excluding hydrogens is 332 g/mol. The van der Waals surface area contributed by atoms with Crippen LogP contribution in [0.25, 0.3) is 0 Å². The standard InChI is InChI=1S/C14H10BrClOS/c1-9(17)11-8-10(15)6-7-13(11)18-14-5-3-2-4-12(14)16/h2-8H,1H3. The van der Waals surface area contributed by atoms with E-state index in [0.717, 1.165) is 14.3 Å². The maximum absolute atomic E-state index is 11.6. The van der Waals surface area contributed by atoms with Crippen LogP contribution in [0.4, 0.5) is 0 Å². The molecule has 2 aromatic rings. The van der Waals surface area contributed by atoms with Crippen molar-refractivity contribution in [3.8, 4) is 0 Å². The van der Waals surface area contributed by atoms with E-state index < -0.39 is 0 Å². The highest BCUT2D eigenvalue weighted by molar-refractivity contribution is 9.10. The normalized spacial score (nSPS) is 10.4. The third kappa shape index (κ3) is 3.16. The maximum Gasteiger partial charge on any atom is 0.160 e. The molecule has 0 N–H and O–H groups in total. The fourth-order valence-electron chi connectivity index (χ4n) is 1.51. The van der Waals surface area contributed by atoms with Gasteiger partial charge < -0.3 is 0 Å². The molecule has 2 rings (SSSR count). The zero-order valence-electron chi connectivity index (χ0n) is 9.61. The fourth-order valence-corrected chi connectivity index (χ4v) is 3.12. The summed E-state index contributed by atoms with van der Waals surface area (Å²) in [7, 11) is 0. The molecule has 0 spiro atoms. The van der Waals surface area contributed by atoms with Crippen LogP contribution in [0.3, 0.4) is 0 Å². The summed E-state index contributed by atoms with van der Waals surface area (Å²) in [6.07, 6.45) is 0. The number of halogens is 2. The molecule has 0 saturated carbocycles. The molecule has 0 bridgehead atoms. The second kappa shape index (κ2) is 5.91. The highest BCUT2D eigenvalue weighted by Gasteiger charge is 2.10. The molecule has 92 valence electrons. The molecule has 18 heavy (non-hydrogen) atoms. The van der Waals surface area contributed by atoms with Crippen molar-refractivity contribution < 1.29 is 4.79 Å². The number of carbonyl (C=O) groups is 1. The molecule has 4 heteroatoms. The highest BCUT2D eigenvalue weighted by atomic mass is 79.9. The Morgan fingerprint density at radius 1 is 1.17 bits per heavy atom. The van der Waals surface area contributed by atoms with Crippen molar-refractivity contribution in [1.29, 1.82) is 0 Å². The summed E-state index contributed by atoms with van der Waals surface area (Å²) in [4.78, 5) is 13.5. The van der Waals surface area contributed by atoms with Crippen LogP contribution in [-0.4, -0.2) is 5.78 Å². The Balaban J connectivity index is 2.41. The van der Waals surface area contributed by atoms with Gasteiger partial charge >= 0.3 is 0 Å². The van der Waals surface area contributed by atoms with Gasteiger partial charge in [0.1, 0.15) is 0 Å². The monoisotopic (exact) mass is 340 g/mol. The van der Waals surface area contributed by atoms with Gasteiger partial charge in [0.2, 0.25) is 0 Å². The first-order valence-corrected chi connectivity index (χ1v) is 7.29. The van der Waals surface area contributed by atoms with Crippen molar-refractivity contribution in [2.45, 2.75) is 16.7 Å². The van der Waals surface area contributed by atoms with E-state index in [1.165, 1.54) is 11.8 Å².